The average molecular weight is 836 g/mol. The summed E-state index contributed by atoms with van der Waals surface area (Å²) in [6.07, 6.45) is 4.00. The van der Waals surface area contributed by atoms with Gasteiger partial charge in [0.1, 0.15) is 0 Å². The standard InChI is InChI=1S/2C3H8.C2H3O.3CH3.2U.W/c2*1-3-2;1-2-3;;;;;;/h2*3H2,1-2H3;1H3;3*1H3;;;/q;;4*-1;;+2;. The molecule has 0 saturated heterocycles. The molecule has 0 atom stereocenters. The largest absolute Gasteiger partial charge is 2.00 e. The molecule has 0 aliphatic heterocycles. The maximum atomic E-state index is 8.68. The maximum Gasteiger partial charge on any atom is 2.00 e. The van der Waals surface area contributed by atoms with Crippen LogP contribution in [0.25, 0.3) is 0 Å². The van der Waals surface area contributed by atoms with E-state index < -0.39 is 0 Å². The first-order valence-electron chi connectivity index (χ1n) is 3.53. The molecule has 0 bridgehead atoms. The van der Waals surface area contributed by atoms with Crippen molar-refractivity contribution in [3.8, 4) is 0 Å². The second-order valence-corrected chi connectivity index (χ2v) is 1.62. The molecule has 0 saturated carbocycles. The quantitative estimate of drug-likeness (QED) is 0.334. The first kappa shape index (κ1) is 66.1. The Morgan fingerprint density at radius 1 is 0.867 bits per heavy atom. The van der Waals surface area contributed by atoms with Crippen LogP contribution in [0.4, 0.5) is 0 Å². The van der Waals surface area contributed by atoms with Crippen molar-refractivity contribution in [2.24, 2.45) is 0 Å². The van der Waals surface area contributed by atoms with Crippen molar-refractivity contribution in [1.82, 2.24) is 0 Å². The fourth-order valence-electron chi connectivity index (χ4n) is 0. The van der Waals surface area contributed by atoms with Crippen LogP contribution in [0.15, 0.2) is 0 Å². The Bertz CT molecular complexity index is 37.8. The molecule has 0 radical (unpaired) electrons. The molecule has 0 aromatic rings. The smallest absolute Gasteiger partial charge is 0.542 e. The van der Waals surface area contributed by atoms with E-state index in [1.54, 1.807) is 0 Å². The van der Waals surface area contributed by atoms with Crippen molar-refractivity contribution in [1.29, 1.82) is 0 Å². The third kappa shape index (κ3) is 568. The first-order chi connectivity index (χ1) is 4.24. The van der Waals surface area contributed by atoms with Gasteiger partial charge in [0.25, 0.3) is 0 Å². The second kappa shape index (κ2) is 132. The van der Waals surface area contributed by atoms with Crippen molar-refractivity contribution in [2.75, 3.05) is 0 Å². The molecule has 0 spiro atoms. The molecule has 0 N–H and O–H groups in total. The van der Waals surface area contributed by atoms with Gasteiger partial charge >= 0.3 is 31.1 Å². The van der Waals surface area contributed by atoms with E-state index in [1.165, 1.54) is 26.1 Å². The van der Waals surface area contributed by atoms with Crippen LogP contribution in [-0.2, 0) is 25.9 Å². The summed E-state index contributed by atoms with van der Waals surface area (Å²) in [7, 11) is 0. The van der Waals surface area contributed by atoms with Gasteiger partial charge in [-0.05, 0) is 0 Å². The summed E-state index contributed by atoms with van der Waals surface area (Å²) in [5.41, 5.74) is 0. The molecule has 94 valence electrons. The zero-order valence-electron chi connectivity index (χ0n) is 11.7. The summed E-state index contributed by atoms with van der Waals surface area (Å²) < 4.78 is 0. The number of rotatable bonds is 0. The monoisotopic (exact) mass is 836 g/mol. The van der Waals surface area contributed by atoms with Crippen LogP contribution in [-0.4, -0.2) is 6.29 Å². The van der Waals surface area contributed by atoms with Crippen LogP contribution in [0.3, 0.4) is 0 Å². The van der Waals surface area contributed by atoms with Crippen LogP contribution < -0.4 is 0 Å². The third-order valence-electron chi connectivity index (χ3n) is 0. The van der Waals surface area contributed by atoms with Gasteiger partial charge in [-0.3, -0.25) is 6.29 Å². The number of carbonyl (C=O) groups excluding carboxylic acids is 1. The molecular weight excluding hydrogens is 808 g/mol. The van der Waals surface area contributed by atoms with Gasteiger partial charge in [0.15, 0.2) is 0 Å². The molecule has 0 fully saturated rings. The third-order valence-corrected chi connectivity index (χ3v) is 0. The second-order valence-electron chi connectivity index (χ2n) is 1.62. The Balaban J connectivity index is -0.00000000429. The summed E-state index contributed by atoms with van der Waals surface area (Å²) >= 11 is 0. The molecular formula is C11H28OU2W-2. The van der Waals surface area contributed by atoms with Crippen LogP contribution in [0.5, 0.6) is 0 Å². The van der Waals surface area contributed by atoms with E-state index in [1.807, 2.05) is 0 Å². The van der Waals surface area contributed by atoms with Gasteiger partial charge in [0.2, 0.25) is 0 Å². The topological polar surface area (TPSA) is 17.1 Å². The molecule has 0 aliphatic rings. The SMILES string of the molecule is CCC.CCC.C[C-]=O.[CH3-].[CH3-].[CH3-].[U+2].[U].[W]. The van der Waals surface area contributed by atoms with Crippen LogP contribution in [0.2, 0.25) is 0 Å². The molecule has 0 rings (SSSR count). The van der Waals surface area contributed by atoms with Gasteiger partial charge in [-0.1, -0.05) is 40.5 Å². The van der Waals surface area contributed by atoms with Gasteiger partial charge in [0, 0.05) is 52.2 Å². The van der Waals surface area contributed by atoms with Gasteiger partial charge < -0.3 is 27.1 Å². The minimum Gasteiger partial charge on any atom is -0.542 e. The van der Waals surface area contributed by atoms with Gasteiger partial charge in [-0.15, -0.1) is 0 Å². The molecule has 0 unspecified atom stereocenters. The summed E-state index contributed by atoms with van der Waals surface area (Å²) in [6.45, 7) is 9.82. The first-order valence-corrected chi connectivity index (χ1v) is 3.53. The summed E-state index contributed by atoms with van der Waals surface area (Å²) in [6, 6.07) is 0. The van der Waals surface area contributed by atoms with E-state index in [2.05, 4.69) is 27.7 Å². The molecule has 1 nitrogen and oxygen atoms in total. The predicted octanol–water partition coefficient (Wildman–Crippen LogP) is 4.30. The van der Waals surface area contributed by atoms with Crippen LogP contribution in [0.1, 0.15) is 47.5 Å². The van der Waals surface area contributed by atoms with Crippen LogP contribution in [0, 0.1) is 84.5 Å². The van der Waals surface area contributed by atoms with Crippen molar-refractivity contribution in [2.45, 2.75) is 47.5 Å². The van der Waals surface area contributed by atoms with Crippen molar-refractivity contribution in [3.05, 3.63) is 22.3 Å². The van der Waals surface area contributed by atoms with E-state index in [-0.39, 0.29) is 106 Å². The molecule has 0 amide bonds. The van der Waals surface area contributed by atoms with Crippen molar-refractivity contribution in [3.63, 3.8) is 0 Å². The molecule has 4 heteroatoms. The molecule has 0 aliphatic carbocycles. The summed E-state index contributed by atoms with van der Waals surface area (Å²) in [5, 5.41) is 0. The molecule has 0 heterocycles. The van der Waals surface area contributed by atoms with E-state index in [0.29, 0.717) is 0 Å². The fraction of sp³-hybridized carbons (Fsp3) is 0.636. The minimum absolute atomic E-state index is 0. The fourth-order valence-corrected chi connectivity index (χ4v) is 0. The minimum atomic E-state index is 0. The Morgan fingerprint density at radius 2 is 0.867 bits per heavy atom. The molecule has 15 heavy (non-hydrogen) atoms. The summed E-state index contributed by atoms with van der Waals surface area (Å²) in [4.78, 5) is 8.68. The summed E-state index contributed by atoms with van der Waals surface area (Å²) in [5.74, 6) is 0. The maximum absolute atomic E-state index is 8.68. The molecule has 0 aromatic carbocycles. The molecule has 0 aromatic heterocycles. The van der Waals surface area contributed by atoms with E-state index in [0.717, 1.165) is 0 Å². The Hall–Kier alpha value is 2.46. The van der Waals surface area contributed by atoms with Gasteiger partial charge in [-0.25, -0.2) is 0 Å². The Morgan fingerprint density at radius 3 is 0.867 bits per heavy atom. The number of hydrogen-bond donors (Lipinski definition) is 0. The van der Waals surface area contributed by atoms with Gasteiger partial charge in [0.05, 0.1) is 0 Å². The van der Waals surface area contributed by atoms with Crippen molar-refractivity contribution >= 4 is 6.29 Å². The van der Waals surface area contributed by atoms with Crippen LogP contribution >= 0.6 is 0 Å². The Kier molecular flexibility index (Phi) is 581. The number of hydrogen-bond acceptors (Lipinski definition) is 1. The zero-order valence-corrected chi connectivity index (χ0v) is 23.0. The normalized spacial score (nSPS) is 3.27. The van der Waals surface area contributed by atoms with E-state index >= 15 is 0 Å². The average Bonchev–Trinajstić information content (AvgIpc) is 1.70. The van der Waals surface area contributed by atoms with Gasteiger partial charge in [-0.2, -0.15) is 6.92 Å². The van der Waals surface area contributed by atoms with E-state index in [9.17, 15) is 0 Å². The Labute approximate surface area is 162 Å². The van der Waals surface area contributed by atoms with E-state index in [4.69, 9.17) is 4.79 Å². The zero-order chi connectivity index (χ0) is 8.12. The predicted molar refractivity (Wildman–Crippen MR) is 62.5 cm³/mol. The van der Waals surface area contributed by atoms with Crippen molar-refractivity contribution < 1.29 is 88.1 Å².